The van der Waals surface area contributed by atoms with Crippen molar-refractivity contribution < 1.29 is 4.79 Å². The fraction of sp³-hybridized carbons (Fsp3) is 0.833. The highest BCUT2D eigenvalue weighted by atomic mass is 35.6. The summed E-state index contributed by atoms with van der Waals surface area (Å²) in [5.41, 5.74) is 0. The summed E-state index contributed by atoms with van der Waals surface area (Å²) in [6.07, 6.45) is 0.701. The number of halogens is 3. The van der Waals surface area contributed by atoms with E-state index in [9.17, 15) is 4.79 Å². The fourth-order valence-corrected chi connectivity index (χ4v) is 1.02. The molecule has 0 amide bonds. The van der Waals surface area contributed by atoms with Gasteiger partial charge in [-0.05, 0) is 6.42 Å². The standard InChI is InChI=1S/C6H9Cl3O/c1-3-4(2)5(10)6(7,8)9/h4H,3H2,1-2H3. The van der Waals surface area contributed by atoms with E-state index in [-0.39, 0.29) is 11.7 Å². The molecule has 0 N–H and O–H groups in total. The normalized spacial score (nSPS) is 14.9. The molecule has 0 radical (unpaired) electrons. The third-order valence-corrected chi connectivity index (χ3v) is 1.90. The highest BCUT2D eigenvalue weighted by Gasteiger charge is 2.33. The van der Waals surface area contributed by atoms with Gasteiger partial charge in [-0.15, -0.1) is 0 Å². The lowest BCUT2D eigenvalue weighted by Gasteiger charge is -2.13. The van der Waals surface area contributed by atoms with E-state index in [1.54, 1.807) is 6.92 Å². The molecule has 4 heteroatoms. The third-order valence-electron chi connectivity index (χ3n) is 1.34. The Labute approximate surface area is 75.6 Å². The molecule has 0 aromatic carbocycles. The monoisotopic (exact) mass is 202 g/mol. The topological polar surface area (TPSA) is 17.1 Å². The molecule has 0 saturated heterocycles. The maximum Gasteiger partial charge on any atom is 0.248 e. The molecular weight excluding hydrogens is 194 g/mol. The molecule has 1 unspecified atom stereocenters. The molecule has 10 heavy (non-hydrogen) atoms. The van der Waals surface area contributed by atoms with Gasteiger partial charge in [0.05, 0.1) is 0 Å². The number of Topliss-reactive ketones (excluding diaryl/α,β-unsaturated/α-hetero) is 1. The Bertz CT molecular complexity index is 127. The lowest BCUT2D eigenvalue weighted by atomic mass is 10.1. The maximum absolute atomic E-state index is 11.0. The number of carbonyl (C=O) groups is 1. The van der Waals surface area contributed by atoms with Crippen LogP contribution in [0.1, 0.15) is 20.3 Å². The first-order valence-electron chi connectivity index (χ1n) is 3.00. The Balaban J connectivity index is 4.09. The summed E-state index contributed by atoms with van der Waals surface area (Å²) in [6.45, 7) is 3.61. The lowest BCUT2D eigenvalue weighted by molar-refractivity contribution is -0.121. The smallest absolute Gasteiger partial charge is 0.248 e. The van der Waals surface area contributed by atoms with Crippen LogP contribution in [0.4, 0.5) is 0 Å². The molecule has 0 saturated carbocycles. The minimum atomic E-state index is -1.74. The number of carbonyl (C=O) groups excluding carboxylic acids is 1. The summed E-state index contributed by atoms with van der Waals surface area (Å²) >= 11 is 16.0. The van der Waals surface area contributed by atoms with Crippen LogP contribution in [0.15, 0.2) is 0 Å². The van der Waals surface area contributed by atoms with Crippen LogP contribution in [0.25, 0.3) is 0 Å². The molecule has 1 nitrogen and oxygen atoms in total. The minimum Gasteiger partial charge on any atom is -0.295 e. The summed E-state index contributed by atoms with van der Waals surface area (Å²) in [6, 6.07) is 0. The second-order valence-corrected chi connectivity index (χ2v) is 4.45. The van der Waals surface area contributed by atoms with Crippen molar-refractivity contribution in [1.82, 2.24) is 0 Å². The van der Waals surface area contributed by atoms with Crippen LogP contribution >= 0.6 is 34.8 Å². The predicted octanol–water partition coefficient (Wildman–Crippen LogP) is 2.97. The van der Waals surface area contributed by atoms with E-state index in [4.69, 9.17) is 34.8 Å². The van der Waals surface area contributed by atoms with Crippen molar-refractivity contribution in [2.45, 2.75) is 24.1 Å². The Morgan fingerprint density at radius 1 is 1.50 bits per heavy atom. The molecule has 0 aliphatic rings. The average Bonchev–Trinajstić information content (AvgIpc) is 1.83. The lowest BCUT2D eigenvalue weighted by Crippen LogP contribution is -2.25. The second kappa shape index (κ2) is 3.80. The summed E-state index contributed by atoms with van der Waals surface area (Å²) in [4.78, 5) is 11.0. The molecule has 60 valence electrons. The van der Waals surface area contributed by atoms with Gasteiger partial charge in [0.25, 0.3) is 0 Å². The van der Waals surface area contributed by atoms with Gasteiger partial charge in [-0.1, -0.05) is 48.7 Å². The van der Waals surface area contributed by atoms with Gasteiger partial charge in [-0.2, -0.15) is 0 Å². The van der Waals surface area contributed by atoms with E-state index in [2.05, 4.69) is 0 Å². The minimum absolute atomic E-state index is 0.174. The number of ketones is 1. The zero-order valence-electron chi connectivity index (χ0n) is 5.83. The van der Waals surface area contributed by atoms with E-state index in [1.165, 1.54) is 0 Å². The summed E-state index contributed by atoms with van der Waals surface area (Å²) < 4.78 is -1.74. The van der Waals surface area contributed by atoms with Gasteiger partial charge in [-0.25, -0.2) is 0 Å². The summed E-state index contributed by atoms with van der Waals surface area (Å²) in [5, 5.41) is 0. The molecule has 0 aliphatic carbocycles. The van der Waals surface area contributed by atoms with Gasteiger partial charge in [-0.3, -0.25) is 4.79 Å². The predicted molar refractivity (Wildman–Crippen MR) is 44.8 cm³/mol. The molecule has 0 aromatic rings. The van der Waals surface area contributed by atoms with Gasteiger partial charge >= 0.3 is 0 Å². The largest absolute Gasteiger partial charge is 0.295 e. The maximum atomic E-state index is 11.0. The van der Waals surface area contributed by atoms with Crippen LogP contribution in [-0.2, 0) is 4.79 Å². The average molecular weight is 203 g/mol. The van der Waals surface area contributed by atoms with Gasteiger partial charge in [0.2, 0.25) is 3.79 Å². The van der Waals surface area contributed by atoms with Crippen molar-refractivity contribution in [2.24, 2.45) is 5.92 Å². The molecule has 0 aromatic heterocycles. The number of alkyl halides is 3. The quantitative estimate of drug-likeness (QED) is 0.631. The SMILES string of the molecule is CCC(C)C(=O)C(Cl)(Cl)Cl. The first-order valence-corrected chi connectivity index (χ1v) is 4.14. The van der Waals surface area contributed by atoms with Crippen molar-refractivity contribution in [3.05, 3.63) is 0 Å². The molecule has 0 spiro atoms. The second-order valence-electron chi connectivity index (χ2n) is 2.17. The van der Waals surface area contributed by atoms with Gasteiger partial charge in [0, 0.05) is 5.92 Å². The van der Waals surface area contributed by atoms with E-state index in [0.717, 1.165) is 0 Å². The Kier molecular flexibility index (Phi) is 4.00. The highest BCUT2D eigenvalue weighted by Crippen LogP contribution is 2.30. The van der Waals surface area contributed by atoms with E-state index in [1.807, 2.05) is 6.92 Å². The fourth-order valence-electron chi connectivity index (χ4n) is 0.465. The van der Waals surface area contributed by atoms with Crippen molar-refractivity contribution in [3.63, 3.8) is 0 Å². The van der Waals surface area contributed by atoms with Gasteiger partial charge < -0.3 is 0 Å². The van der Waals surface area contributed by atoms with Crippen LogP contribution < -0.4 is 0 Å². The van der Waals surface area contributed by atoms with Crippen LogP contribution in [0.2, 0.25) is 0 Å². The molecule has 0 aliphatic heterocycles. The number of hydrogen-bond acceptors (Lipinski definition) is 1. The van der Waals surface area contributed by atoms with Crippen molar-refractivity contribution in [3.8, 4) is 0 Å². The summed E-state index contributed by atoms with van der Waals surface area (Å²) in [7, 11) is 0. The van der Waals surface area contributed by atoms with Crippen LogP contribution in [0.3, 0.4) is 0 Å². The van der Waals surface area contributed by atoms with Crippen LogP contribution in [0, 0.1) is 5.92 Å². The Morgan fingerprint density at radius 3 is 2.00 bits per heavy atom. The Hall–Kier alpha value is 0.540. The molecular formula is C6H9Cl3O. The van der Waals surface area contributed by atoms with Gasteiger partial charge in [0.1, 0.15) is 0 Å². The summed E-state index contributed by atoms with van der Waals surface area (Å²) in [5.74, 6) is -0.507. The van der Waals surface area contributed by atoms with Crippen molar-refractivity contribution in [1.29, 1.82) is 0 Å². The van der Waals surface area contributed by atoms with E-state index < -0.39 is 3.79 Å². The molecule has 1 atom stereocenters. The first-order chi connectivity index (χ1) is 4.39. The number of rotatable bonds is 2. The van der Waals surface area contributed by atoms with Gasteiger partial charge in [0.15, 0.2) is 5.78 Å². The molecule has 0 rings (SSSR count). The Morgan fingerprint density at radius 2 is 1.90 bits per heavy atom. The van der Waals surface area contributed by atoms with E-state index >= 15 is 0 Å². The van der Waals surface area contributed by atoms with Crippen LogP contribution in [0.5, 0.6) is 0 Å². The zero-order valence-corrected chi connectivity index (χ0v) is 8.09. The molecule has 0 fully saturated rings. The zero-order chi connectivity index (χ0) is 8.36. The molecule has 0 bridgehead atoms. The van der Waals surface area contributed by atoms with Crippen LogP contribution in [-0.4, -0.2) is 9.58 Å². The number of hydrogen-bond donors (Lipinski definition) is 0. The third kappa shape index (κ3) is 3.09. The van der Waals surface area contributed by atoms with Crippen molar-refractivity contribution >= 4 is 40.6 Å². The highest BCUT2D eigenvalue weighted by molar-refractivity contribution is 6.76. The van der Waals surface area contributed by atoms with Crippen molar-refractivity contribution in [2.75, 3.05) is 0 Å². The van der Waals surface area contributed by atoms with E-state index in [0.29, 0.717) is 6.42 Å². The first kappa shape index (κ1) is 10.5. The molecule has 0 heterocycles.